The van der Waals surface area contributed by atoms with Gasteiger partial charge in [-0.15, -0.1) is 0 Å². The third-order valence-corrected chi connectivity index (χ3v) is 4.37. The lowest BCUT2D eigenvalue weighted by Crippen LogP contribution is -2.09. The van der Waals surface area contributed by atoms with Crippen molar-refractivity contribution in [1.82, 2.24) is 9.55 Å². The van der Waals surface area contributed by atoms with Gasteiger partial charge in [0, 0.05) is 6.54 Å². The molecule has 0 unspecified atom stereocenters. The van der Waals surface area contributed by atoms with Crippen LogP contribution in [0.25, 0.3) is 11.0 Å². The number of nitrogens with zero attached hydrogens (tertiary/aromatic N) is 2. The van der Waals surface area contributed by atoms with E-state index >= 15 is 0 Å². The van der Waals surface area contributed by atoms with E-state index in [0.29, 0.717) is 5.56 Å². The Morgan fingerprint density at radius 2 is 2.10 bits per heavy atom. The summed E-state index contributed by atoms with van der Waals surface area (Å²) < 4.78 is 2.09. The maximum atomic E-state index is 11.1. The molecule has 1 aromatic carbocycles. The number of imidazole rings is 1. The molecule has 4 nitrogen and oxygen atoms in total. The Morgan fingerprint density at radius 3 is 2.85 bits per heavy atom. The summed E-state index contributed by atoms with van der Waals surface area (Å²) in [5, 5.41) is 9.08. The van der Waals surface area contributed by atoms with Gasteiger partial charge in [0.2, 0.25) is 0 Å². The van der Waals surface area contributed by atoms with Crippen LogP contribution in [0.1, 0.15) is 48.9 Å². The number of carbonyl (C=O) groups is 1. The number of aromatic nitrogens is 2. The minimum Gasteiger partial charge on any atom is -0.478 e. The predicted molar refractivity (Wildman–Crippen MR) is 77.9 cm³/mol. The normalized spacial score (nSPS) is 16.6. The molecule has 0 amide bonds. The van der Waals surface area contributed by atoms with Gasteiger partial charge in [0.25, 0.3) is 0 Å². The highest BCUT2D eigenvalue weighted by Crippen LogP contribution is 2.27. The number of carboxylic acids is 1. The van der Waals surface area contributed by atoms with Crippen LogP contribution in [-0.4, -0.2) is 20.6 Å². The van der Waals surface area contributed by atoms with Crippen molar-refractivity contribution >= 4 is 17.0 Å². The summed E-state index contributed by atoms with van der Waals surface area (Å²) in [5.41, 5.74) is 2.14. The van der Waals surface area contributed by atoms with Gasteiger partial charge in [0.15, 0.2) is 0 Å². The minimum atomic E-state index is -0.882. The van der Waals surface area contributed by atoms with Gasteiger partial charge in [-0.05, 0) is 30.5 Å². The highest BCUT2D eigenvalue weighted by atomic mass is 16.4. The third kappa shape index (κ3) is 2.69. The third-order valence-electron chi connectivity index (χ3n) is 4.37. The van der Waals surface area contributed by atoms with Crippen LogP contribution in [0.2, 0.25) is 0 Å². The maximum absolute atomic E-state index is 11.1. The van der Waals surface area contributed by atoms with Crippen LogP contribution in [0, 0.1) is 5.92 Å². The van der Waals surface area contributed by atoms with Crippen LogP contribution in [0.4, 0.5) is 0 Å². The summed E-state index contributed by atoms with van der Waals surface area (Å²) in [5.74, 6) is -0.0595. The van der Waals surface area contributed by atoms with Gasteiger partial charge in [0.05, 0.1) is 22.9 Å². The first-order chi connectivity index (χ1) is 9.74. The van der Waals surface area contributed by atoms with Crippen molar-refractivity contribution in [3.63, 3.8) is 0 Å². The lowest BCUT2D eigenvalue weighted by atomic mass is 9.87. The van der Waals surface area contributed by atoms with Crippen LogP contribution < -0.4 is 0 Å². The Bertz CT molecular complexity index is 612. The van der Waals surface area contributed by atoms with E-state index in [9.17, 15) is 4.79 Å². The molecule has 0 radical (unpaired) electrons. The second-order valence-corrected chi connectivity index (χ2v) is 5.74. The molecule has 1 N–H and O–H groups in total. The summed E-state index contributed by atoms with van der Waals surface area (Å²) in [6.45, 7) is 0.935. The average molecular weight is 272 g/mol. The molecule has 3 rings (SSSR count). The average Bonchev–Trinajstić information content (AvgIpc) is 2.88. The lowest BCUT2D eigenvalue weighted by Gasteiger charge is -2.21. The van der Waals surface area contributed by atoms with Gasteiger partial charge in [-0.3, -0.25) is 0 Å². The SMILES string of the molecule is O=C(O)c1ccc2ncn(CCC3CCCCC3)c2c1. The molecule has 0 saturated heterocycles. The van der Waals surface area contributed by atoms with Crippen molar-refractivity contribution in [2.45, 2.75) is 45.1 Å². The Hall–Kier alpha value is -1.84. The number of aryl methyl sites for hydroxylation is 1. The molecule has 0 spiro atoms. The zero-order chi connectivity index (χ0) is 13.9. The molecule has 1 aromatic heterocycles. The zero-order valence-electron chi connectivity index (χ0n) is 11.6. The van der Waals surface area contributed by atoms with E-state index in [1.54, 1.807) is 18.2 Å². The van der Waals surface area contributed by atoms with Crippen LogP contribution >= 0.6 is 0 Å². The molecule has 1 saturated carbocycles. The molecule has 106 valence electrons. The van der Waals surface area contributed by atoms with Crippen LogP contribution in [-0.2, 0) is 6.54 Å². The van der Waals surface area contributed by atoms with Crippen molar-refractivity contribution in [1.29, 1.82) is 0 Å². The first-order valence-corrected chi connectivity index (χ1v) is 7.42. The van der Waals surface area contributed by atoms with Gasteiger partial charge >= 0.3 is 5.97 Å². The van der Waals surface area contributed by atoms with Crippen LogP contribution in [0.5, 0.6) is 0 Å². The molecule has 0 aliphatic heterocycles. The van der Waals surface area contributed by atoms with E-state index in [1.807, 2.05) is 6.33 Å². The quantitative estimate of drug-likeness (QED) is 0.923. The second kappa shape index (κ2) is 5.65. The van der Waals surface area contributed by atoms with E-state index in [0.717, 1.165) is 23.5 Å². The Kier molecular flexibility index (Phi) is 3.72. The van der Waals surface area contributed by atoms with Gasteiger partial charge < -0.3 is 9.67 Å². The number of carboxylic acid groups (broad SMARTS) is 1. The zero-order valence-corrected chi connectivity index (χ0v) is 11.6. The summed E-state index contributed by atoms with van der Waals surface area (Å²) >= 11 is 0. The molecule has 4 heteroatoms. The maximum Gasteiger partial charge on any atom is 0.335 e. The molecule has 0 bridgehead atoms. The standard InChI is InChI=1S/C16H20N2O2/c19-16(20)13-6-7-14-15(10-13)18(11-17-14)9-8-12-4-2-1-3-5-12/h6-7,10-12H,1-5,8-9H2,(H,19,20). The number of aromatic carboxylic acids is 1. The van der Waals surface area contributed by atoms with Gasteiger partial charge in [-0.25, -0.2) is 9.78 Å². The first-order valence-electron chi connectivity index (χ1n) is 7.42. The number of rotatable bonds is 4. The predicted octanol–water partition coefficient (Wildman–Crippen LogP) is 3.70. The molecule has 0 atom stereocenters. The molecule has 1 aliphatic rings. The monoisotopic (exact) mass is 272 g/mol. The lowest BCUT2D eigenvalue weighted by molar-refractivity contribution is 0.0697. The van der Waals surface area contributed by atoms with Crippen molar-refractivity contribution in [2.75, 3.05) is 0 Å². The highest BCUT2D eigenvalue weighted by molar-refractivity contribution is 5.92. The van der Waals surface area contributed by atoms with E-state index < -0.39 is 5.97 Å². The fourth-order valence-electron chi connectivity index (χ4n) is 3.17. The van der Waals surface area contributed by atoms with Crippen molar-refractivity contribution in [2.24, 2.45) is 5.92 Å². The first kappa shape index (κ1) is 13.2. The molecule has 1 fully saturated rings. The van der Waals surface area contributed by atoms with Gasteiger partial charge in [-0.2, -0.15) is 0 Å². The highest BCUT2D eigenvalue weighted by Gasteiger charge is 2.14. The fourth-order valence-corrected chi connectivity index (χ4v) is 3.17. The largest absolute Gasteiger partial charge is 0.478 e. The molecule has 1 heterocycles. The summed E-state index contributed by atoms with van der Waals surface area (Å²) in [6, 6.07) is 5.13. The Morgan fingerprint density at radius 1 is 1.30 bits per heavy atom. The van der Waals surface area contributed by atoms with Gasteiger partial charge in [0.1, 0.15) is 0 Å². The number of hydrogen-bond donors (Lipinski definition) is 1. The van der Waals surface area contributed by atoms with Crippen molar-refractivity contribution in [3.8, 4) is 0 Å². The summed E-state index contributed by atoms with van der Waals surface area (Å²) in [4.78, 5) is 15.4. The van der Waals surface area contributed by atoms with Gasteiger partial charge in [-0.1, -0.05) is 32.1 Å². The summed E-state index contributed by atoms with van der Waals surface area (Å²) in [6.07, 6.45) is 9.78. The molecular weight excluding hydrogens is 252 g/mol. The van der Waals surface area contributed by atoms with E-state index in [2.05, 4.69) is 9.55 Å². The van der Waals surface area contributed by atoms with E-state index in [1.165, 1.54) is 38.5 Å². The molecule has 2 aromatic rings. The van der Waals surface area contributed by atoms with Crippen LogP contribution in [0.15, 0.2) is 24.5 Å². The fraction of sp³-hybridized carbons (Fsp3) is 0.500. The summed E-state index contributed by atoms with van der Waals surface area (Å²) in [7, 11) is 0. The molecule has 1 aliphatic carbocycles. The van der Waals surface area contributed by atoms with E-state index in [-0.39, 0.29) is 0 Å². The number of hydrogen-bond acceptors (Lipinski definition) is 2. The second-order valence-electron chi connectivity index (χ2n) is 5.74. The number of benzene rings is 1. The van der Waals surface area contributed by atoms with Crippen molar-refractivity contribution < 1.29 is 9.90 Å². The molecule has 20 heavy (non-hydrogen) atoms. The van der Waals surface area contributed by atoms with Crippen molar-refractivity contribution in [3.05, 3.63) is 30.1 Å². The topological polar surface area (TPSA) is 55.1 Å². The van der Waals surface area contributed by atoms with E-state index in [4.69, 9.17) is 5.11 Å². The van der Waals surface area contributed by atoms with Crippen LogP contribution in [0.3, 0.4) is 0 Å². The Labute approximate surface area is 118 Å². The minimum absolute atomic E-state index is 0.330. The Balaban J connectivity index is 1.76. The number of fused-ring (bicyclic) bond motifs is 1. The smallest absolute Gasteiger partial charge is 0.335 e. The molecular formula is C16H20N2O2.